The van der Waals surface area contributed by atoms with E-state index in [1.807, 2.05) is 0 Å². The molecule has 0 bridgehead atoms. The highest BCUT2D eigenvalue weighted by molar-refractivity contribution is 5.80. The van der Waals surface area contributed by atoms with Crippen LogP contribution >= 0.6 is 0 Å². The first-order valence-corrected chi connectivity index (χ1v) is 4.39. The molecular weight excluding hydrogens is 210 g/mol. The molecule has 7 nitrogen and oxygen atoms in total. The molecule has 0 aliphatic heterocycles. The molecule has 0 radical (unpaired) electrons. The molecule has 0 unspecified atom stereocenters. The summed E-state index contributed by atoms with van der Waals surface area (Å²) in [6, 6.07) is 6.19. The number of rotatable bonds is 3. The van der Waals surface area contributed by atoms with Crippen molar-refractivity contribution in [2.45, 2.75) is 0 Å². The fourth-order valence-corrected chi connectivity index (χ4v) is 1.11. The van der Waals surface area contributed by atoms with E-state index in [4.69, 9.17) is 0 Å². The second kappa shape index (κ2) is 4.30. The van der Waals surface area contributed by atoms with Gasteiger partial charge in [-0.15, -0.1) is 10.2 Å². The molecule has 0 aliphatic carbocycles. The van der Waals surface area contributed by atoms with Gasteiger partial charge in [-0.1, -0.05) is 12.1 Å². The Morgan fingerprint density at radius 3 is 2.81 bits per heavy atom. The molecule has 0 amide bonds. The monoisotopic (exact) mass is 217 g/mol. The Labute approximate surface area is 90.2 Å². The quantitative estimate of drug-likeness (QED) is 0.437. The normalized spacial score (nSPS) is 10.8. The third-order valence-electron chi connectivity index (χ3n) is 1.83. The smallest absolute Gasteiger partial charge is 0.258 e. The lowest BCUT2D eigenvalue weighted by molar-refractivity contribution is -0.384. The van der Waals surface area contributed by atoms with Crippen LogP contribution in [0.25, 0.3) is 0 Å². The number of hydrogen-bond acceptors (Lipinski definition) is 5. The van der Waals surface area contributed by atoms with E-state index in [2.05, 4.69) is 15.3 Å². The summed E-state index contributed by atoms with van der Waals surface area (Å²) in [5, 5.41) is 21.6. The Hall–Kier alpha value is -2.57. The number of non-ortho nitro benzene ring substituents is 1. The molecule has 0 fully saturated rings. The number of hydrogen-bond donors (Lipinski definition) is 0. The van der Waals surface area contributed by atoms with E-state index in [-0.39, 0.29) is 5.69 Å². The van der Waals surface area contributed by atoms with Crippen LogP contribution in [0.4, 0.5) is 5.69 Å². The number of nitro benzene ring substituents is 1. The van der Waals surface area contributed by atoms with Crippen molar-refractivity contribution in [3.8, 4) is 0 Å². The first-order chi connectivity index (χ1) is 7.75. The van der Waals surface area contributed by atoms with Crippen molar-refractivity contribution in [1.82, 2.24) is 14.9 Å². The molecule has 7 heteroatoms. The minimum Gasteiger partial charge on any atom is -0.258 e. The summed E-state index contributed by atoms with van der Waals surface area (Å²) in [7, 11) is 0. The van der Waals surface area contributed by atoms with Crippen LogP contribution in [0.5, 0.6) is 0 Å². The van der Waals surface area contributed by atoms with Crippen LogP contribution in [0.1, 0.15) is 5.56 Å². The van der Waals surface area contributed by atoms with Crippen molar-refractivity contribution >= 4 is 11.9 Å². The Bertz CT molecular complexity index is 520. The summed E-state index contributed by atoms with van der Waals surface area (Å²) >= 11 is 0. The predicted molar refractivity (Wildman–Crippen MR) is 56.1 cm³/mol. The third kappa shape index (κ3) is 2.27. The lowest BCUT2D eigenvalue weighted by atomic mass is 10.2. The van der Waals surface area contributed by atoms with Crippen molar-refractivity contribution in [3.05, 3.63) is 52.6 Å². The lowest BCUT2D eigenvalue weighted by Crippen LogP contribution is -1.91. The summed E-state index contributed by atoms with van der Waals surface area (Å²) in [6.07, 6.45) is 4.35. The van der Waals surface area contributed by atoms with E-state index in [0.717, 1.165) is 0 Å². The standard InChI is InChI=1S/C9H7N5O2/c15-14(16)9-3-1-2-8(4-9)5-12-13-6-10-11-7-13/h1-7H. The van der Waals surface area contributed by atoms with E-state index in [9.17, 15) is 10.1 Å². The molecule has 2 rings (SSSR count). The van der Waals surface area contributed by atoms with E-state index in [1.165, 1.54) is 35.7 Å². The van der Waals surface area contributed by atoms with Gasteiger partial charge in [0.1, 0.15) is 12.7 Å². The molecule has 80 valence electrons. The Morgan fingerprint density at radius 2 is 2.12 bits per heavy atom. The van der Waals surface area contributed by atoms with E-state index in [1.54, 1.807) is 12.1 Å². The van der Waals surface area contributed by atoms with Crippen molar-refractivity contribution in [2.75, 3.05) is 0 Å². The van der Waals surface area contributed by atoms with Crippen molar-refractivity contribution in [2.24, 2.45) is 5.10 Å². The molecular formula is C9H7N5O2. The topological polar surface area (TPSA) is 86.2 Å². The highest BCUT2D eigenvalue weighted by atomic mass is 16.6. The fourth-order valence-electron chi connectivity index (χ4n) is 1.11. The van der Waals surface area contributed by atoms with Crippen LogP contribution in [0.3, 0.4) is 0 Å². The summed E-state index contributed by atoms with van der Waals surface area (Å²) in [5.41, 5.74) is 0.676. The summed E-state index contributed by atoms with van der Waals surface area (Å²) in [5.74, 6) is 0. The Kier molecular flexibility index (Phi) is 2.68. The molecule has 1 aromatic heterocycles. The molecule has 1 heterocycles. The highest BCUT2D eigenvalue weighted by Gasteiger charge is 2.03. The number of benzene rings is 1. The molecule has 0 atom stereocenters. The van der Waals surface area contributed by atoms with Gasteiger partial charge in [0.25, 0.3) is 5.69 Å². The minimum atomic E-state index is -0.448. The van der Waals surface area contributed by atoms with E-state index < -0.39 is 4.92 Å². The Morgan fingerprint density at radius 1 is 1.38 bits per heavy atom. The fraction of sp³-hybridized carbons (Fsp3) is 0. The average Bonchev–Trinajstić information content (AvgIpc) is 2.79. The van der Waals surface area contributed by atoms with Gasteiger partial charge in [-0.25, -0.2) is 4.68 Å². The van der Waals surface area contributed by atoms with Gasteiger partial charge in [-0.3, -0.25) is 10.1 Å². The van der Waals surface area contributed by atoms with Gasteiger partial charge in [0.15, 0.2) is 0 Å². The van der Waals surface area contributed by atoms with Crippen molar-refractivity contribution in [3.63, 3.8) is 0 Å². The number of nitrogens with zero attached hydrogens (tertiary/aromatic N) is 5. The van der Waals surface area contributed by atoms with Gasteiger partial charge in [0, 0.05) is 17.7 Å². The number of aromatic nitrogens is 3. The molecule has 0 spiro atoms. The molecule has 0 N–H and O–H groups in total. The largest absolute Gasteiger partial charge is 0.270 e. The zero-order chi connectivity index (χ0) is 11.4. The van der Waals surface area contributed by atoms with Gasteiger partial charge >= 0.3 is 0 Å². The van der Waals surface area contributed by atoms with Crippen LogP contribution in [-0.2, 0) is 0 Å². The predicted octanol–water partition coefficient (Wildman–Crippen LogP) is 1.07. The van der Waals surface area contributed by atoms with E-state index in [0.29, 0.717) is 5.56 Å². The molecule has 0 saturated carbocycles. The molecule has 2 aromatic rings. The average molecular weight is 217 g/mol. The first kappa shape index (κ1) is 9.97. The maximum Gasteiger partial charge on any atom is 0.270 e. The third-order valence-corrected chi connectivity index (χ3v) is 1.83. The van der Waals surface area contributed by atoms with Crippen LogP contribution in [-0.4, -0.2) is 26.0 Å². The van der Waals surface area contributed by atoms with Crippen LogP contribution in [0, 0.1) is 10.1 Å². The van der Waals surface area contributed by atoms with Crippen LogP contribution < -0.4 is 0 Å². The lowest BCUT2D eigenvalue weighted by Gasteiger charge is -1.93. The van der Waals surface area contributed by atoms with Crippen LogP contribution in [0.2, 0.25) is 0 Å². The summed E-state index contributed by atoms with van der Waals surface area (Å²) in [6.45, 7) is 0. The second-order valence-corrected chi connectivity index (χ2v) is 2.94. The summed E-state index contributed by atoms with van der Waals surface area (Å²) < 4.78 is 1.40. The van der Waals surface area contributed by atoms with Gasteiger partial charge in [0.2, 0.25) is 0 Å². The van der Waals surface area contributed by atoms with E-state index >= 15 is 0 Å². The zero-order valence-corrected chi connectivity index (χ0v) is 8.09. The summed E-state index contributed by atoms with van der Waals surface area (Å²) in [4.78, 5) is 10.1. The zero-order valence-electron chi connectivity index (χ0n) is 8.09. The molecule has 1 aromatic carbocycles. The second-order valence-electron chi connectivity index (χ2n) is 2.94. The van der Waals surface area contributed by atoms with Gasteiger partial charge in [-0.05, 0) is 0 Å². The Balaban J connectivity index is 2.22. The van der Waals surface area contributed by atoms with Gasteiger partial charge in [-0.2, -0.15) is 5.10 Å². The van der Waals surface area contributed by atoms with Crippen molar-refractivity contribution in [1.29, 1.82) is 0 Å². The minimum absolute atomic E-state index is 0.0349. The molecule has 16 heavy (non-hydrogen) atoms. The number of nitro groups is 1. The molecule has 0 aliphatic rings. The van der Waals surface area contributed by atoms with Crippen molar-refractivity contribution < 1.29 is 4.92 Å². The van der Waals surface area contributed by atoms with Crippen LogP contribution in [0.15, 0.2) is 42.0 Å². The van der Waals surface area contributed by atoms with Gasteiger partial charge in [0.05, 0.1) is 11.1 Å². The first-order valence-electron chi connectivity index (χ1n) is 4.39. The maximum atomic E-state index is 10.5. The molecule has 0 saturated heterocycles. The maximum absolute atomic E-state index is 10.5. The highest BCUT2D eigenvalue weighted by Crippen LogP contribution is 2.11. The SMILES string of the molecule is O=[N+]([O-])c1cccc(C=Nn2cnnc2)c1. The van der Waals surface area contributed by atoms with Gasteiger partial charge < -0.3 is 0 Å².